The minimum atomic E-state index is -0.557. The second-order valence-corrected chi connectivity index (χ2v) is 5.15. The molecule has 1 aromatic heterocycles. The van der Waals surface area contributed by atoms with E-state index in [4.69, 9.17) is 11.3 Å². The van der Waals surface area contributed by atoms with Crippen molar-refractivity contribution >= 4 is 40.4 Å². The number of rotatable bonds is 7. The average Bonchev–Trinajstić information content (AvgIpc) is 2.43. The van der Waals surface area contributed by atoms with Crippen LogP contribution in [0.1, 0.15) is 6.92 Å². The molecule has 0 amide bonds. The van der Waals surface area contributed by atoms with E-state index in [2.05, 4.69) is 54.1 Å². The normalized spacial score (nSPS) is 13.2. The molecule has 0 bridgehead atoms. The molecule has 0 aliphatic rings. The minimum Gasteiger partial charge on any atom is -0.390 e. The molecule has 9 heteroatoms. The zero-order chi connectivity index (χ0) is 15.1. The van der Waals surface area contributed by atoms with Crippen LogP contribution < -0.4 is 15.7 Å². The average molecular weight is 392 g/mol. The van der Waals surface area contributed by atoms with E-state index in [1.807, 2.05) is 0 Å². The predicted molar refractivity (Wildman–Crippen MR) is 85.7 cm³/mol. The summed E-state index contributed by atoms with van der Waals surface area (Å²) in [4.78, 5) is 17.6. The SMILES string of the molecule is C#CCNc1nc(NC(I)C(C)O)nc(N(C)OC)n1. The van der Waals surface area contributed by atoms with Crippen molar-refractivity contribution in [3.63, 3.8) is 0 Å². The van der Waals surface area contributed by atoms with Crippen LogP contribution in [0.5, 0.6) is 0 Å². The van der Waals surface area contributed by atoms with Crippen molar-refractivity contribution in [2.24, 2.45) is 0 Å². The number of hydrogen-bond acceptors (Lipinski definition) is 8. The molecule has 0 saturated carbocycles. The van der Waals surface area contributed by atoms with Gasteiger partial charge in [-0.25, -0.2) is 5.06 Å². The first-order valence-electron chi connectivity index (χ1n) is 5.77. The molecule has 0 aromatic carbocycles. The van der Waals surface area contributed by atoms with Gasteiger partial charge in [0.25, 0.3) is 5.95 Å². The molecule has 110 valence electrons. The summed E-state index contributed by atoms with van der Waals surface area (Å²) >= 11 is 2.05. The Morgan fingerprint density at radius 2 is 2.10 bits per heavy atom. The maximum atomic E-state index is 9.50. The number of hydrogen-bond donors (Lipinski definition) is 3. The molecule has 3 N–H and O–H groups in total. The van der Waals surface area contributed by atoms with Crippen molar-refractivity contribution in [2.75, 3.05) is 36.4 Å². The first-order chi connectivity index (χ1) is 9.47. The number of terminal acetylenes is 1. The Kier molecular flexibility index (Phi) is 6.69. The number of nitrogens with zero attached hydrogens (tertiary/aromatic N) is 4. The van der Waals surface area contributed by atoms with Crippen LogP contribution in [0.2, 0.25) is 0 Å². The molecule has 1 aromatic rings. The quantitative estimate of drug-likeness (QED) is 0.203. The van der Waals surface area contributed by atoms with Crippen LogP contribution in [0.3, 0.4) is 0 Å². The number of halogens is 1. The maximum absolute atomic E-state index is 9.50. The minimum absolute atomic E-state index is 0.240. The third kappa shape index (κ3) is 4.95. The first-order valence-corrected chi connectivity index (χ1v) is 7.02. The number of nitrogens with one attached hydrogen (secondary N) is 2. The number of aromatic nitrogens is 3. The third-order valence-corrected chi connectivity index (χ3v) is 3.57. The molecule has 0 spiro atoms. The van der Waals surface area contributed by atoms with E-state index in [1.165, 1.54) is 12.2 Å². The fourth-order valence-electron chi connectivity index (χ4n) is 1.10. The second-order valence-electron chi connectivity index (χ2n) is 3.81. The van der Waals surface area contributed by atoms with Crippen molar-refractivity contribution < 1.29 is 9.94 Å². The fourth-order valence-corrected chi connectivity index (χ4v) is 1.38. The van der Waals surface area contributed by atoms with E-state index in [0.717, 1.165) is 0 Å². The number of hydroxylamine groups is 1. The van der Waals surface area contributed by atoms with Gasteiger partial charge >= 0.3 is 0 Å². The topological polar surface area (TPSA) is 95.4 Å². The van der Waals surface area contributed by atoms with Crippen LogP contribution in [0.25, 0.3) is 0 Å². The van der Waals surface area contributed by atoms with Gasteiger partial charge in [-0.05, 0) is 6.92 Å². The van der Waals surface area contributed by atoms with Crippen LogP contribution in [0.4, 0.5) is 17.8 Å². The first kappa shape index (κ1) is 16.7. The van der Waals surface area contributed by atoms with E-state index in [-0.39, 0.29) is 4.05 Å². The molecule has 0 radical (unpaired) electrons. The lowest BCUT2D eigenvalue weighted by molar-refractivity contribution is 0.180. The van der Waals surface area contributed by atoms with Crippen LogP contribution >= 0.6 is 22.6 Å². The predicted octanol–water partition coefficient (Wildman–Crippen LogP) is 0.468. The molecule has 2 atom stereocenters. The summed E-state index contributed by atoms with van der Waals surface area (Å²) in [6.07, 6.45) is 4.63. The smallest absolute Gasteiger partial charge is 0.256 e. The highest BCUT2D eigenvalue weighted by Gasteiger charge is 2.15. The molecule has 20 heavy (non-hydrogen) atoms. The second kappa shape index (κ2) is 8.03. The Balaban J connectivity index is 3.00. The fraction of sp³-hybridized carbons (Fsp3) is 0.545. The number of anilines is 3. The lowest BCUT2D eigenvalue weighted by atomic mass is 10.4. The molecule has 1 rings (SSSR count). The molecule has 1 heterocycles. The summed E-state index contributed by atoms with van der Waals surface area (Å²) in [5, 5.41) is 16.7. The van der Waals surface area contributed by atoms with Gasteiger partial charge in [-0.15, -0.1) is 6.42 Å². The molecule has 0 fully saturated rings. The van der Waals surface area contributed by atoms with Crippen molar-refractivity contribution in [3.8, 4) is 12.3 Å². The largest absolute Gasteiger partial charge is 0.390 e. The van der Waals surface area contributed by atoms with Gasteiger partial charge < -0.3 is 15.7 Å². The molecular formula is C11H17IN6O2. The Morgan fingerprint density at radius 1 is 1.45 bits per heavy atom. The molecule has 8 nitrogen and oxygen atoms in total. The van der Waals surface area contributed by atoms with Gasteiger partial charge in [-0.1, -0.05) is 28.5 Å². The van der Waals surface area contributed by atoms with Crippen LogP contribution in [0, 0.1) is 12.3 Å². The summed E-state index contributed by atoms with van der Waals surface area (Å²) in [6, 6.07) is 0. The Labute approximate surface area is 131 Å². The van der Waals surface area contributed by atoms with Crippen LogP contribution in [-0.2, 0) is 4.84 Å². The van der Waals surface area contributed by atoms with E-state index in [0.29, 0.717) is 24.4 Å². The van der Waals surface area contributed by atoms with E-state index < -0.39 is 6.10 Å². The monoisotopic (exact) mass is 392 g/mol. The Morgan fingerprint density at radius 3 is 2.65 bits per heavy atom. The van der Waals surface area contributed by atoms with Crippen LogP contribution in [-0.4, -0.2) is 50.9 Å². The lowest BCUT2D eigenvalue weighted by Crippen LogP contribution is -2.27. The summed E-state index contributed by atoms with van der Waals surface area (Å²) in [7, 11) is 3.17. The highest BCUT2D eigenvalue weighted by molar-refractivity contribution is 14.1. The Bertz CT molecular complexity index is 478. The maximum Gasteiger partial charge on any atom is 0.256 e. The summed E-state index contributed by atoms with van der Waals surface area (Å²) in [6.45, 7) is 1.97. The van der Waals surface area contributed by atoms with Gasteiger partial charge in [0.2, 0.25) is 11.9 Å². The van der Waals surface area contributed by atoms with Gasteiger partial charge in [0.1, 0.15) is 4.05 Å². The van der Waals surface area contributed by atoms with Crippen molar-refractivity contribution in [1.29, 1.82) is 0 Å². The standard InChI is InChI=1S/C11H17IN6O2/c1-5-6-13-9-15-10(14-8(12)7(2)19)17-11(16-9)18(3)20-4/h1,7-8,19H,6H2,2-4H3,(H2,13,14,15,16,17). The van der Waals surface area contributed by atoms with Gasteiger partial charge in [0, 0.05) is 7.05 Å². The van der Waals surface area contributed by atoms with Crippen molar-refractivity contribution in [3.05, 3.63) is 0 Å². The molecule has 0 aliphatic heterocycles. The highest BCUT2D eigenvalue weighted by Crippen LogP contribution is 2.15. The number of aliphatic hydroxyl groups is 1. The van der Waals surface area contributed by atoms with Gasteiger partial charge in [-0.3, -0.25) is 4.84 Å². The molecule has 0 saturated heterocycles. The zero-order valence-corrected chi connectivity index (χ0v) is 13.6. The summed E-state index contributed by atoms with van der Waals surface area (Å²) < 4.78 is -0.240. The molecular weight excluding hydrogens is 375 g/mol. The van der Waals surface area contributed by atoms with E-state index >= 15 is 0 Å². The summed E-state index contributed by atoms with van der Waals surface area (Å²) in [5.41, 5.74) is 0. The summed E-state index contributed by atoms with van der Waals surface area (Å²) in [5.74, 6) is 3.40. The van der Waals surface area contributed by atoms with E-state index in [1.54, 1.807) is 14.0 Å². The van der Waals surface area contributed by atoms with Crippen LogP contribution in [0.15, 0.2) is 0 Å². The van der Waals surface area contributed by atoms with Gasteiger partial charge in [0.05, 0.1) is 19.8 Å². The Hall–Kier alpha value is -1.38. The zero-order valence-electron chi connectivity index (χ0n) is 11.5. The number of alkyl halides is 1. The molecule has 2 unspecified atom stereocenters. The third-order valence-electron chi connectivity index (χ3n) is 2.22. The van der Waals surface area contributed by atoms with Crippen molar-refractivity contribution in [2.45, 2.75) is 17.1 Å². The lowest BCUT2D eigenvalue weighted by Gasteiger charge is -2.18. The van der Waals surface area contributed by atoms with E-state index in [9.17, 15) is 5.11 Å². The van der Waals surface area contributed by atoms with Gasteiger partial charge in [-0.2, -0.15) is 15.0 Å². The number of aliphatic hydroxyl groups excluding tert-OH is 1. The van der Waals surface area contributed by atoms with Gasteiger partial charge in [0.15, 0.2) is 0 Å². The van der Waals surface area contributed by atoms with Crippen molar-refractivity contribution in [1.82, 2.24) is 15.0 Å². The highest BCUT2D eigenvalue weighted by atomic mass is 127. The molecule has 0 aliphatic carbocycles.